The van der Waals surface area contributed by atoms with Gasteiger partial charge in [-0.25, -0.2) is 4.39 Å². The minimum absolute atomic E-state index is 0.177. The van der Waals surface area contributed by atoms with Crippen LogP contribution in [0.5, 0.6) is 0 Å². The topological polar surface area (TPSA) is 75.1 Å². The maximum Gasteiger partial charge on any atom is 0.226 e. The zero-order valence-corrected chi connectivity index (χ0v) is 19.5. The third-order valence-corrected chi connectivity index (χ3v) is 6.28. The van der Waals surface area contributed by atoms with Gasteiger partial charge in [-0.15, -0.1) is 0 Å². The van der Waals surface area contributed by atoms with Gasteiger partial charge in [-0.3, -0.25) is 14.8 Å². The molecule has 0 spiro atoms. The summed E-state index contributed by atoms with van der Waals surface area (Å²) in [7, 11) is 0. The van der Waals surface area contributed by atoms with Gasteiger partial charge >= 0.3 is 0 Å². The van der Waals surface area contributed by atoms with Crippen LogP contribution in [0.3, 0.4) is 0 Å². The molecule has 1 fully saturated rings. The SMILES string of the molecule is O=C(CCN1C(=S)NC(c2ccccn2)C1c1cccn1-c1ccncc1)Nc1ccc(F)cc1. The summed E-state index contributed by atoms with van der Waals surface area (Å²) >= 11 is 5.72. The van der Waals surface area contributed by atoms with Gasteiger partial charge in [0, 0.05) is 54.8 Å². The Hall–Kier alpha value is -4.11. The summed E-state index contributed by atoms with van der Waals surface area (Å²) in [4.78, 5) is 23.4. The third kappa shape index (κ3) is 4.90. The molecule has 1 saturated heterocycles. The predicted molar refractivity (Wildman–Crippen MR) is 135 cm³/mol. The summed E-state index contributed by atoms with van der Waals surface area (Å²) in [6.45, 7) is 0.397. The molecule has 3 aromatic heterocycles. The van der Waals surface area contributed by atoms with Crippen molar-refractivity contribution < 1.29 is 9.18 Å². The van der Waals surface area contributed by atoms with Crippen molar-refractivity contribution in [3.63, 3.8) is 0 Å². The van der Waals surface area contributed by atoms with Crippen LogP contribution in [0, 0.1) is 5.82 Å². The molecule has 1 amide bonds. The number of anilines is 1. The van der Waals surface area contributed by atoms with Crippen LogP contribution >= 0.6 is 12.2 Å². The lowest BCUT2D eigenvalue weighted by atomic mass is 10.0. The molecule has 4 heterocycles. The standard InChI is InChI=1S/C26H23FN6OS/c27-18-6-8-19(9-7-18)30-23(34)12-17-33-25(24(31-26(33)35)21-4-1-2-13-29-21)22-5-3-16-32(22)20-10-14-28-15-11-20/h1-11,13-16,24-25H,12,17H2,(H,30,34)(H,31,35). The Morgan fingerprint density at radius 1 is 1.03 bits per heavy atom. The van der Waals surface area contributed by atoms with Gasteiger partial charge in [0.05, 0.1) is 17.8 Å². The summed E-state index contributed by atoms with van der Waals surface area (Å²) in [5.41, 5.74) is 3.40. The highest BCUT2D eigenvalue weighted by Gasteiger charge is 2.41. The minimum Gasteiger partial charge on any atom is -0.352 e. The molecule has 1 aliphatic heterocycles. The second kappa shape index (κ2) is 10.0. The predicted octanol–water partition coefficient (Wildman–Crippen LogP) is 4.41. The fraction of sp³-hybridized carbons (Fsp3) is 0.154. The van der Waals surface area contributed by atoms with Crippen LogP contribution in [-0.4, -0.2) is 37.0 Å². The van der Waals surface area contributed by atoms with Gasteiger partial charge in [0.2, 0.25) is 5.91 Å². The first-order chi connectivity index (χ1) is 17.1. The van der Waals surface area contributed by atoms with Crippen molar-refractivity contribution in [1.29, 1.82) is 0 Å². The second-order valence-corrected chi connectivity index (χ2v) is 8.52. The monoisotopic (exact) mass is 486 g/mol. The van der Waals surface area contributed by atoms with Gasteiger partial charge in [0.1, 0.15) is 5.82 Å². The first-order valence-corrected chi connectivity index (χ1v) is 11.6. The molecule has 0 bridgehead atoms. The van der Waals surface area contributed by atoms with Crippen molar-refractivity contribution in [2.45, 2.75) is 18.5 Å². The number of halogens is 1. The Labute approximate surface area is 207 Å². The number of hydrogen-bond donors (Lipinski definition) is 2. The number of hydrogen-bond acceptors (Lipinski definition) is 4. The first kappa shape index (κ1) is 22.7. The summed E-state index contributed by atoms with van der Waals surface area (Å²) in [5, 5.41) is 6.79. The highest BCUT2D eigenvalue weighted by atomic mass is 32.1. The molecule has 7 nitrogen and oxygen atoms in total. The number of pyridine rings is 2. The number of nitrogens with zero attached hydrogens (tertiary/aromatic N) is 4. The smallest absolute Gasteiger partial charge is 0.226 e. The summed E-state index contributed by atoms with van der Waals surface area (Å²) in [5.74, 6) is -0.527. The molecule has 0 aliphatic carbocycles. The highest BCUT2D eigenvalue weighted by molar-refractivity contribution is 7.80. The molecule has 2 unspecified atom stereocenters. The molecule has 176 valence electrons. The average Bonchev–Trinajstić information content (AvgIpc) is 3.49. The number of amides is 1. The van der Waals surface area contributed by atoms with Crippen LogP contribution in [0.1, 0.15) is 29.9 Å². The average molecular weight is 487 g/mol. The van der Waals surface area contributed by atoms with Gasteiger partial charge in [-0.2, -0.15) is 0 Å². The van der Waals surface area contributed by atoms with E-state index in [-0.39, 0.29) is 30.2 Å². The maximum atomic E-state index is 13.2. The number of carbonyl (C=O) groups is 1. The Morgan fingerprint density at radius 2 is 1.83 bits per heavy atom. The zero-order valence-electron chi connectivity index (χ0n) is 18.7. The molecular weight excluding hydrogens is 463 g/mol. The quantitative estimate of drug-likeness (QED) is 0.377. The van der Waals surface area contributed by atoms with Crippen molar-refractivity contribution in [2.24, 2.45) is 0 Å². The second-order valence-electron chi connectivity index (χ2n) is 8.13. The van der Waals surface area contributed by atoms with Crippen LogP contribution in [0.15, 0.2) is 91.5 Å². The van der Waals surface area contributed by atoms with E-state index < -0.39 is 0 Å². The summed E-state index contributed by atoms with van der Waals surface area (Å²) < 4.78 is 15.3. The number of rotatable bonds is 7. The van der Waals surface area contributed by atoms with Crippen LogP contribution in [0.25, 0.3) is 5.69 Å². The van der Waals surface area contributed by atoms with Crippen molar-refractivity contribution in [2.75, 3.05) is 11.9 Å². The summed E-state index contributed by atoms with van der Waals surface area (Å²) in [6, 6.07) is 19.1. The fourth-order valence-electron chi connectivity index (χ4n) is 4.32. The minimum atomic E-state index is -0.350. The van der Waals surface area contributed by atoms with E-state index in [1.807, 2.05) is 47.5 Å². The zero-order chi connectivity index (χ0) is 24.2. The Bertz CT molecular complexity index is 1310. The normalized spacial score (nSPS) is 17.3. The van der Waals surface area contributed by atoms with E-state index in [9.17, 15) is 9.18 Å². The molecule has 35 heavy (non-hydrogen) atoms. The van der Waals surface area contributed by atoms with Crippen molar-refractivity contribution in [3.05, 3.63) is 109 Å². The third-order valence-electron chi connectivity index (χ3n) is 5.93. The van der Waals surface area contributed by atoms with E-state index >= 15 is 0 Å². The van der Waals surface area contributed by atoms with E-state index in [1.165, 1.54) is 24.3 Å². The van der Waals surface area contributed by atoms with Crippen molar-refractivity contribution in [1.82, 2.24) is 24.8 Å². The van der Waals surface area contributed by atoms with E-state index in [2.05, 4.69) is 31.2 Å². The molecule has 4 aromatic rings. The molecule has 5 rings (SSSR count). The molecule has 0 saturated carbocycles. The fourth-order valence-corrected chi connectivity index (χ4v) is 4.65. The molecule has 0 radical (unpaired) electrons. The van der Waals surface area contributed by atoms with Gasteiger partial charge in [-0.1, -0.05) is 6.07 Å². The Morgan fingerprint density at radius 3 is 2.57 bits per heavy atom. The summed E-state index contributed by atoms with van der Waals surface area (Å²) in [6.07, 6.45) is 7.48. The first-order valence-electron chi connectivity index (χ1n) is 11.2. The number of thiocarbonyl (C=S) groups is 1. The maximum absolute atomic E-state index is 13.2. The molecule has 2 N–H and O–H groups in total. The lowest BCUT2D eigenvalue weighted by Crippen LogP contribution is -2.33. The van der Waals surface area contributed by atoms with Crippen LogP contribution in [0.2, 0.25) is 0 Å². The molecular formula is C26H23FN6OS. The number of aromatic nitrogens is 3. The molecule has 1 aliphatic rings. The van der Waals surface area contributed by atoms with Gasteiger partial charge in [-0.05, 0) is 72.9 Å². The molecule has 1 aromatic carbocycles. The lowest BCUT2D eigenvalue weighted by Gasteiger charge is -2.28. The van der Waals surface area contributed by atoms with Gasteiger partial charge in [0.15, 0.2) is 5.11 Å². The Balaban J connectivity index is 1.42. The number of carbonyl (C=O) groups excluding carboxylic acids is 1. The van der Waals surface area contributed by atoms with E-state index in [4.69, 9.17) is 12.2 Å². The molecule has 2 atom stereocenters. The highest BCUT2D eigenvalue weighted by Crippen LogP contribution is 2.39. The number of nitrogens with one attached hydrogen (secondary N) is 2. The van der Waals surface area contributed by atoms with E-state index in [0.29, 0.717) is 17.3 Å². The lowest BCUT2D eigenvalue weighted by molar-refractivity contribution is -0.116. The Kier molecular flexibility index (Phi) is 6.49. The van der Waals surface area contributed by atoms with Gasteiger partial charge < -0.3 is 20.1 Å². The van der Waals surface area contributed by atoms with Crippen LogP contribution in [0.4, 0.5) is 10.1 Å². The largest absolute Gasteiger partial charge is 0.352 e. The van der Waals surface area contributed by atoms with Crippen LogP contribution in [-0.2, 0) is 4.79 Å². The number of benzene rings is 1. The van der Waals surface area contributed by atoms with E-state index in [0.717, 1.165) is 17.1 Å². The van der Waals surface area contributed by atoms with Crippen molar-refractivity contribution >= 4 is 28.9 Å². The van der Waals surface area contributed by atoms with Gasteiger partial charge in [0.25, 0.3) is 0 Å². The van der Waals surface area contributed by atoms with E-state index in [1.54, 1.807) is 18.6 Å². The van der Waals surface area contributed by atoms with Crippen LogP contribution < -0.4 is 10.6 Å². The molecule has 9 heteroatoms. The van der Waals surface area contributed by atoms with Crippen molar-refractivity contribution in [3.8, 4) is 5.69 Å².